The number of nitrogens with two attached hydrogens (primary N) is 1. The molecule has 4 bridgehead atoms. The zero-order chi connectivity index (χ0) is 19.8. The number of nitrogens with zero attached hydrogens (tertiary/aromatic N) is 1. The Hall–Kier alpha value is -2.70. The molecule has 2 unspecified atom stereocenters. The van der Waals surface area contributed by atoms with Crippen molar-refractivity contribution in [2.75, 3.05) is 45.0 Å². The molecular weight excluding hydrogens is 362 g/mol. The van der Waals surface area contributed by atoms with Crippen LogP contribution in [0.15, 0.2) is 59.7 Å². The van der Waals surface area contributed by atoms with E-state index in [1.165, 1.54) is 24.4 Å². The number of fused-ring (bicyclic) bond motifs is 1. The van der Waals surface area contributed by atoms with Gasteiger partial charge in [0, 0.05) is 5.69 Å². The Morgan fingerprint density at radius 1 is 1.03 bits per heavy atom. The second-order valence-corrected chi connectivity index (χ2v) is 8.93. The van der Waals surface area contributed by atoms with Gasteiger partial charge < -0.3 is 15.5 Å². The third-order valence-corrected chi connectivity index (χ3v) is 6.88. The Bertz CT molecular complexity index is 925. The number of rotatable bonds is 4. The summed E-state index contributed by atoms with van der Waals surface area (Å²) in [5.41, 5.74) is 12.4. The highest BCUT2D eigenvalue weighted by atomic mass is 16.2. The van der Waals surface area contributed by atoms with E-state index in [0.29, 0.717) is 17.2 Å². The van der Waals surface area contributed by atoms with Gasteiger partial charge in [-0.2, -0.15) is 5.10 Å². The van der Waals surface area contributed by atoms with Gasteiger partial charge in [-0.15, -0.1) is 0 Å². The van der Waals surface area contributed by atoms with Crippen LogP contribution < -0.4 is 21.0 Å². The number of hydrogen-bond acceptors (Lipinski definition) is 3. The van der Waals surface area contributed by atoms with E-state index in [4.69, 9.17) is 10.8 Å². The summed E-state index contributed by atoms with van der Waals surface area (Å²) in [5, 5.41) is 4.79. The van der Waals surface area contributed by atoms with Crippen LogP contribution in [0, 0.1) is 11.3 Å². The van der Waals surface area contributed by atoms with Crippen LogP contribution in [-0.4, -0.2) is 50.9 Å². The minimum absolute atomic E-state index is 0.0131. The van der Waals surface area contributed by atoms with Crippen molar-refractivity contribution in [1.29, 1.82) is 0 Å². The number of nitrogens with one attached hydrogen (secondary N) is 3. The van der Waals surface area contributed by atoms with Crippen molar-refractivity contribution in [3.05, 3.63) is 65.7 Å². The van der Waals surface area contributed by atoms with E-state index in [1.54, 1.807) is 21.9 Å². The summed E-state index contributed by atoms with van der Waals surface area (Å²) in [7, 11) is 0. The van der Waals surface area contributed by atoms with E-state index in [2.05, 4.69) is 35.8 Å². The summed E-state index contributed by atoms with van der Waals surface area (Å²) in [6.45, 7) is 6.93. The maximum atomic E-state index is 12.7. The molecule has 4 saturated heterocycles. The van der Waals surface area contributed by atoms with Gasteiger partial charge in [0.15, 0.2) is 0 Å². The third-order valence-electron chi connectivity index (χ3n) is 6.88. The number of amides is 1. The molecule has 29 heavy (non-hydrogen) atoms. The fourth-order valence-electron chi connectivity index (χ4n) is 5.76. The van der Waals surface area contributed by atoms with Gasteiger partial charge in [0.2, 0.25) is 0 Å². The van der Waals surface area contributed by atoms with Crippen LogP contribution in [0.5, 0.6) is 0 Å². The van der Waals surface area contributed by atoms with Crippen LogP contribution in [0.4, 0.5) is 5.69 Å². The molecule has 2 aromatic carbocycles. The number of nitrogen functional groups attached to an aromatic ring is 1. The van der Waals surface area contributed by atoms with Crippen molar-refractivity contribution in [2.45, 2.75) is 6.42 Å². The lowest BCUT2D eigenvalue weighted by Crippen LogP contribution is -3.17. The predicted molar refractivity (Wildman–Crippen MR) is 113 cm³/mol. The minimum atomic E-state index is -0.225. The lowest BCUT2D eigenvalue weighted by Gasteiger charge is -2.46. The van der Waals surface area contributed by atoms with Gasteiger partial charge in [-0.1, -0.05) is 42.5 Å². The number of anilines is 1. The summed E-state index contributed by atoms with van der Waals surface area (Å²) in [5.74, 6) is 0.208. The summed E-state index contributed by atoms with van der Waals surface area (Å²) in [6.07, 6.45) is 0.986. The van der Waals surface area contributed by atoms with E-state index >= 15 is 0 Å². The van der Waals surface area contributed by atoms with Crippen LogP contribution in [0.3, 0.4) is 0 Å². The lowest BCUT2D eigenvalue weighted by molar-refractivity contribution is -0.918. The molecule has 4 fully saturated rings. The number of carbonyl (C=O) groups excluding carboxylic acids is 1. The molecule has 0 spiro atoms. The topological polar surface area (TPSA) is 76.4 Å². The van der Waals surface area contributed by atoms with Gasteiger partial charge in [-0.3, -0.25) is 4.79 Å². The average molecular weight is 392 g/mol. The number of quaternary nitrogens is 2. The Labute approximate surface area is 171 Å². The summed E-state index contributed by atoms with van der Waals surface area (Å²) in [4.78, 5) is 16.1. The van der Waals surface area contributed by atoms with Gasteiger partial charge in [0.05, 0.1) is 43.4 Å². The van der Waals surface area contributed by atoms with Gasteiger partial charge in [-0.05, 0) is 24.1 Å². The quantitative estimate of drug-likeness (QED) is 0.399. The summed E-state index contributed by atoms with van der Waals surface area (Å²) >= 11 is 0. The largest absolute Gasteiger partial charge is 0.398 e. The highest BCUT2D eigenvalue weighted by Gasteiger charge is 2.57. The molecule has 0 aliphatic carbocycles. The molecule has 0 aromatic heterocycles. The number of carbonyl (C=O) groups is 1. The van der Waals surface area contributed by atoms with Crippen LogP contribution in [0.1, 0.15) is 15.9 Å². The van der Waals surface area contributed by atoms with Gasteiger partial charge in [-0.25, -0.2) is 5.43 Å². The standard InChI is InChI=1S/C23H27N5O/c24-20-9-5-4-8-19(20)22(29)26-25-21-18-13-27-10-11-28(14-18)16-23(21,15-27)12-17-6-2-1-3-7-17/h1-9,18H,10-16,24H2,(H,26,29)/p+2/b25-21-. The second kappa shape index (κ2) is 7.28. The van der Waals surface area contributed by atoms with Crippen molar-refractivity contribution in [1.82, 2.24) is 5.43 Å². The van der Waals surface area contributed by atoms with E-state index in [1.807, 2.05) is 12.1 Å². The first-order valence-electron chi connectivity index (χ1n) is 10.6. The highest BCUT2D eigenvalue weighted by Crippen LogP contribution is 2.31. The Kier molecular flexibility index (Phi) is 4.60. The highest BCUT2D eigenvalue weighted by molar-refractivity contribution is 6.01. The molecular formula is C23H29N5O+2. The summed E-state index contributed by atoms with van der Waals surface area (Å²) < 4.78 is 0. The van der Waals surface area contributed by atoms with Crippen molar-refractivity contribution < 1.29 is 14.6 Å². The Balaban J connectivity index is 1.47. The van der Waals surface area contributed by atoms with Crippen molar-refractivity contribution in [3.8, 4) is 0 Å². The molecule has 0 saturated carbocycles. The fraction of sp³-hybridized carbons (Fsp3) is 0.391. The van der Waals surface area contributed by atoms with E-state index < -0.39 is 0 Å². The molecule has 4 heterocycles. The molecule has 6 heteroatoms. The van der Waals surface area contributed by atoms with Gasteiger partial charge >= 0.3 is 0 Å². The summed E-state index contributed by atoms with van der Waals surface area (Å²) in [6, 6.07) is 17.9. The molecule has 5 N–H and O–H groups in total. The molecule has 6 nitrogen and oxygen atoms in total. The van der Waals surface area contributed by atoms with E-state index in [-0.39, 0.29) is 11.3 Å². The van der Waals surface area contributed by atoms with E-state index in [9.17, 15) is 4.79 Å². The number of hydrogen-bond donors (Lipinski definition) is 4. The number of hydrazone groups is 1. The van der Waals surface area contributed by atoms with Crippen LogP contribution in [0.25, 0.3) is 0 Å². The molecule has 6 rings (SSSR count). The Morgan fingerprint density at radius 3 is 2.38 bits per heavy atom. The second-order valence-electron chi connectivity index (χ2n) is 8.93. The minimum Gasteiger partial charge on any atom is -0.398 e. The molecule has 4 aliphatic rings. The van der Waals surface area contributed by atoms with Crippen LogP contribution in [-0.2, 0) is 6.42 Å². The van der Waals surface area contributed by atoms with Gasteiger partial charge in [0.1, 0.15) is 18.5 Å². The molecule has 2 aromatic rings. The smallest absolute Gasteiger partial charge is 0.273 e. The Morgan fingerprint density at radius 2 is 1.69 bits per heavy atom. The fourth-order valence-corrected chi connectivity index (χ4v) is 5.76. The third kappa shape index (κ3) is 3.43. The maximum absolute atomic E-state index is 12.7. The van der Waals surface area contributed by atoms with Crippen molar-refractivity contribution in [2.24, 2.45) is 16.4 Å². The first-order chi connectivity index (χ1) is 14.1. The average Bonchev–Trinajstić information content (AvgIpc) is 2.96. The number of piperidine rings is 2. The first-order valence-corrected chi connectivity index (χ1v) is 10.6. The maximum Gasteiger partial charge on any atom is 0.273 e. The van der Waals surface area contributed by atoms with Crippen molar-refractivity contribution in [3.63, 3.8) is 0 Å². The molecule has 4 aliphatic heterocycles. The van der Waals surface area contributed by atoms with Crippen LogP contribution in [0.2, 0.25) is 0 Å². The molecule has 2 atom stereocenters. The zero-order valence-electron chi connectivity index (χ0n) is 16.7. The number of para-hydroxylation sites is 1. The normalized spacial score (nSPS) is 31.6. The van der Waals surface area contributed by atoms with E-state index in [0.717, 1.165) is 32.6 Å². The monoisotopic (exact) mass is 391 g/mol. The van der Waals surface area contributed by atoms with Gasteiger partial charge in [0.25, 0.3) is 5.91 Å². The predicted octanol–water partition coefficient (Wildman–Crippen LogP) is -0.989. The zero-order valence-corrected chi connectivity index (χ0v) is 16.7. The number of benzene rings is 2. The lowest BCUT2D eigenvalue weighted by atomic mass is 9.67. The van der Waals surface area contributed by atoms with Crippen molar-refractivity contribution >= 4 is 17.3 Å². The van der Waals surface area contributed by atoms with Crippen LogP contribution >= 0.6 is 0 Å². The molecule has 1 amide bonds. The SMILES string of the molecule is Nc1ccccc1C(=O)N/N=C1/C2C[NH+]3CC[NH+](C2)CC1(Cc1ccccc1)C3. The first kappa shape index (κ1) is 18.3. The molecule has 0 radical (unpaired) electrons. The molecule has 150 valence electrons.